The second kappa shape index (κ2) is 11.9. The zero-order valence-electron chi connectivity index (χ0n) is 22.6. The Hall–Kier alpha value is -4.13. The van der Waals surface area contributed by atoms with Crippen molar-refractivity contribution in [1.29, 1.82) is 0 Å². The molecular formula is C33H32F3N3O. The zero-order valence-corrected chi connectivity index (χ0v) is 22.6. The normalized spacial score (nSPS) is 16.1. The van der Waals surface area contributed by atoms with Gasteiger partial charge in [0, 0.05) is 35.3 Å². The molecular weight excluding hydrogens is 511 g/mol. The number of halogens is 3. The number of nitrogens with zero attached hydrogens (tertiary/aromatic N) is 1. The third-order valence-corrected chi connectivity index (χ3v) is 7.06. The number of fused-ring (bicyclic) bond motifs is 1. The zero-order chi connectivity index (χ0) is 28.2. The number of aromatic amines is 1. The van der Waals surface area contributed by atoms with E-state index in [1.165, 1.54) is 29.8 Å². The van der Waals surface area contributed by atoms with Crippen molar-refractivity contribution < 1.29 is 18.0 Å². The minimum atomic E-state index is -1.42. The number of alkyl halides is 1. The Morgan fingerprint density at radius 2 is 1.90 bits per heavy atom. The summed E-state index contributed by atoms with van der Waals surface area (Å²) in [6, 6.07) is 15.8. The van der Waals surface area contributed by atoms with E-state index in [0.29, 0.717) is 28.1 Å². The first-order valence-electron chi connectivity index (χ1n) is 13.5. The van der Waals surface area contributed by atoms with Gasteiger partial charge in [-0.05, 0) is 77.4 Å². The Kier molecular flexibility index (Phi) is 8.19. The Morgan fingerprint density at radius 3 is 2.65 bits per heavy atom. The van der Waals surface area contributed by atoms with Crippen molar-refractivity contribution in [2.45, 2.75) is 51.7 Å². The minimum absolute atomic E-state index is 0.000996. The molecule has 1 amide bonds. The van der Waals surface area contributed by atoms with Gasteiger partial charge < -0.3 is 10.3 Å². The average Bonchev–Trinajstić information content (AvgIpc) is 3.29. The summed E-state index contributed by atoms with van der Waals surface area (Å²) in [5, 5.41) is 3.68. The van der Waals surface area contributed by atoms with Crippen LogP contribution in [0.3, 0.4) is 0 Å². The van der Waals surface area contributed by atoms with Crippen LogP contribution < -0.4 is 5.32 Å². The van der Waals surface area contributed by atoms with Gasteiger partial charge >= 0.3 is 0 Å². The Balaban J connectivity index is 1.46. The van der Waals surface area contributed by atoms with Crippen LogP contribution in [0.4, 0.5) is 13.2 Å². The van der Waals surface area contributed by atoms with E-state index >= 15 is 0 Å². The van der Waals surface area contributed by atoms with Crippen LogP contribution in [0.15, 0.2) is 90.5 Å². The molecule has 1 unspecified atom stereocenters. The molecule has 1 aliphatic rings. The molecule has 7 heteroatoms. The first-order valence-corrected chi connectivity index (χ1v) is 13.5. The summed E-state index contributed by atoms with van der Waals surface area (Å²) < 4.78 is 42.2. The van der Waals surface area contributed by atoms with Crippen molar-refractivity contribution in [2.24, 2.45) is 5.92 Å². The molecule has 4 aromatic rings. The fraction of sp³-hybridized carbons (Fsp3) is 0.273. The number of hydrogen-bond acceptors (Lipinski definition) is 2. The predicted molar refractivity (Wildman–Crippen MR) is 152 cm³/mol. The highest BCUT2D eigenvalue weighted by molar-refractivity contribution is 5.89. The van der Waals surface area contributed by atoms with Crippen LogP contribution in [0.5, 0.6) is 0 Å². The number of hydrogen-bond donors (Lipinski definition) is 2. The van der Waals surface area contributed by atoms with Crippen LogP contribution in [-0.2, 0) is 17.6 Å². The van der Waals surface area contributed by atoms with Crippen LogP contribution in [0.2, 0.25) is 0 Å². The van der Waals surface area contributed by atoms with Crippen molar-refractivity contribution in [1.82, 2.24) is 15.3 Å². The second-order valence-corrected chi connectivity index (χ2v) is 10.8. The van der Waals surface area contributed by atoms with Crippen LogP contribution >= 0.6 is 0 Å². The molecule has 2 N–H and O–H groups in total. The number of H-pyrrole nitrogens is 1. The van der Waals surface area contributed by atoms with Gasteiger partial charge in [0.15, 0.2) is 0 Å². The highest BCUT2D eigenvalue weighted by atomic mass is 19.1. The monoisotopic (exact) mass is 543 g/mol. The molecule has 2 aromatic heterocycles. The van der Waals surface area contributed by atoms with E-state index in [4.69, 9.17) is 0 Å². The lowest BCUT2D eigenvalue weighted by molar-refractivity contribution is -0.121. The largest absolute Gasteiger partial charge is 0.361 e. The highest BCUT2D eigenvalue weighted by Gasteiger charge is 2.24. The molecule has 2 atom stereocenters. The molecule has 0 radical (unpaired) electrons. The number of nitrogens with one attached hydrogen (secondary N) is 2. The minimum Gasteiger partial charge on any atom is -0.361 e. The number of aromatic nitrogens is 2. The maximum Gasteiger partial charge on any atom is 0.225 e. The summed E-state index contributed by atoms with van der Waals surface area (Å²) >= 11 is 0. The molecule has 206 valence electrons. The Labute approximate surface area is 232 Å². The maximum atomic E-state index is 14.2. The van der Waals surface area contributed by atoms with E-state index in [1.807, 2.05) is 24.3 Å². The van der Waals surface area contributed by atoms with E-state index in [9.17, 15) is 18.0 Å². The molecule has 0 spiro atoms. The molecule has 2 heterocycles. The first kappa shape index (κ1) is 27.4. The Morgan fingerprint density at radius 1 is 1.10 bits per heavy atom. The van der Waals surface area contributed by atoms with Crippen LogP contribution in [0.1, 0.15) is 49.6 Å². The van der Waals surface area contributed by atoms with Gasteiger partial charge in [-0.15, -0.1) is 0 Å². The van der Waals surface area contributed by atoms with Crippen molar-refractivity contribution >= 4 is 16.8 Å². The van der Waals surface area contributed by atoms with Crippen LogP contribution in [0, 0.1) is 11.7 Å². The van der Waals surface area contributed by atoms with Crippen molar-refractivity contribution in [3.63, 3.8) is 0 Å². The number of carbonyl (C=O) groups excluding carboxylic acids is 1. The lowest BCUT2D eigenvalue weighted by atomic mass is 9.92. The quantitative estimate of drug-likeness (QED) is 0.226. The van der Waals surface area contributed by atoms with Gasteiger partial charge in [0.25, 0.3) is 0 Å². The molecule has 40 heavy (non-hydrogen) atoms. The average molecular weight is 544 g/mol. The summed E-state index contributed by atoms with van der Waals surface area (Å²) in [4.78, 5) is 21.1. The standard InChI is InChI=1S/C33H32F3N3O/c1-20(2)12-21-5-7-23(8-6-21)28-4-3-11-37-33(28)31(15-22-13-26(35)17-27(36)14-22)39-32(40)16-24-19-38-30-10-9-25(34)18-29(24)30/h3-11,13-14,18-20,26,31,38H,12,15-17H2,1-2H3,(H,39,40)/t26?,31-/m0/s1. The van der Waals surface area contributed by atoms with Gasteiger partial charge in [0.1, 0.15) is 17.8 Å². The number of carbonyl (C=O) groups is 1. The first-order chi connectivity index (χ1) is 19.2. The van der Waals surface area contributed by atoms with E-state index in [2.05, 4.69) is 41.3 Å². The van der Waals surface area contributed by atoms with Gasteiger partial charge in [0.2, 0.25) is 5.91 Å². The molecule has 0 fully saturated rings. The molecule has 0 saturated carbocycles. The SMILES string of the molecule is CC(C)Cc1ccc(-c2cccnc2[C@H](CC2=CC(F)CC(F)=C2)NC(=O)Cc2c[nH]c3ccc(F)cc23)cc1. The van der Waals surface area contributed by atoms with Gasteiger partial charge in [-0.3, -0.25) is 9.78 Å². The molecule has 0 bridgehead atoms. The molecule has 0 aliphatic heterocycles. The number of allylic oxidation sites excluding steroid dienone is 3. The molecule has 0 saturated heterocycles. The van der Waals surface area contributed by atoms with Gasteiger partial charge in [-0.1, -0.05) is 44.2 Å². The van der Waals surface area contributed by atoms with Crippen molar-refractivity contribution in [2.75, 3.05) is 0 Å². The molecule has 2 aromatic carbocycles. The summed E-state index contributed by atoms with van der Waals surface area (Å²) in [6.07, 6.45) is 5.50. The van der Waals surface area contributed by atoms with E-state index in [0.717, 1.165) is 23.1 Å². The van der Waals surface area contributed by atoms with Crippen LogP contribution in [0.25, 0.3) is 22.0 Å². The number of benzene rings is 2. The van der Waals surface area contributed by atoms with Gasteiger partial charge in [0.05, 0.1) is 18.2 Å². The van der Waals surface area contributed by atoms with Crippen molar-refractivity contribution in [3.05, 3.63) is 113 Å². The number of rotatable bonds is 9. The third kappa shape index (κ3) is 6.53. The fourth-order valence-electron chi connectivity index (χ4n) is 5.31. The number of amides is 1. The topological polar surface area (TPSA) is 57.8 Å². The van der Waals surface area contributed by atoms with E-state index in [1.54, 1.807) is 18.5 Å². The smallest absolute Gasteiger partial charge is 0.225 e. The second-order valence-electron chi connectivity index (χ2n) is 10.8. The van der Waals surface area contributed by atoms with Crippen LogP contribution in [-0.4, -0.2) is 22.0 Å². The summed E-state index contributed by atoms with van der Waals surface area (Å²) in [6.45, 7) is 4.35. The lowest BCUT2D eigenvalue weighted by Crippen LogP contribution is -2.31. The molecule has 1 aliphatic carbocycles. The Bertz CT molecular complexity index is 1570. The third-order valence-electron chi connectivity index (χ3n) is 7.06. The van der Waals surface area contributed by atoms with Crippen molar-refractivity contribution in [3.8, 4) is 11.1 Å². The predicted octanol–water partition coefficient (Wildman–Crippen LogP) is 7.88. The fourth-order valence-corrected chi connectivity index (χ4v) is 5.31. The highest BCUT2D eigenvalue weighted by Crippen LogP contribution is 2.33. The number of pyridine rings is 1. The lowest BCUT2D eigenvalue weighted by Gasteiger charge is -2.23. The summed E-state index contributed by atoms with van der Waals surface area (Å²) in [5.41, 5.74) is 5.44. The van der Waals surface area contributed by atoms with E-state index in [-0.39, 0.29) is 31.0 Å². The van der Waals surface area contributed by atoms with Gasteiger partial charge in [-0.25, -0.2) is 13.2 Å². The molecule has 4 nitrogen and oxygen atoms in total. The summed E-state index contributed by atoms with van der Waals surface area (Å²) in [7, 11) is 0. The van der Waals surface area contributed by atoms with Gasteiger partial charge in [-0.2, -0.15) is 0 Å². The summed E-state index contributed by atoms with van der Waals surface area (Å²) in [5.74, 6) is -0.692. The van der Waals surface area contributed by atoms with E-state index < -0.39 is 18.0 Å². The maximum absolute atomic E-state index is 14.2. The molecule has 5 rings (SSSR count).